The average Bonchev–Trinajstić information content (AvgIpc) is 2.30. The van der Waals surface area contributed by atoms with Crippen molar-refractivity contribution in [3.8, 4) is 0 Å². The molecular formula is C12H17BrN2O. The Morgan fingerprint density at radius 3 is 2.75 bits per heavy atom. The molecule has 3 nitrogen and oxygen atoms in total. The van der Waals surface area contributed by atoms with Crippen molar-refractivity contribution >= 4 is 15.9 Å². The molecule has 16 heavy (non-hydrogen) atoms. The highest BCUT2D eigenvalue weighted by molar-refractivity contribution is 9.10. The van der Waals surface area contributed by atoms with E-state index < -0.39 is 0 Å². The number of likely N-dealkylation sites (tertiary alicyclic amines) is 1. The molecular weight excluding hydrogens is 268 g/mol. The van der Waals surface area contributed by atoms with Gasteiger partial charge in [0.25, 0.3) is 0 Å². The lowest BCUT2D eigenvalue weighted by atomic mass is 9.98. The monoisotopic (exact) mass is 284 g/mol. The van der Waals surface area contributed by atoms with Crippen LogP contribution in [0.4, 0.5) is 0 Å². The molecule has 0 radical (unpaired) electrons. The van der Waals surface area contributed by atoms with E-state index in [1.54, 1.807) is 0 Å². The first kappa shape index (κ1) is 12.0. The molecule has 0 atom stereocenters. The van der Waals surface area contributed by atoms with E-state index in [1.165, 1.54) is 5.56 Å². The summed E-state index contributed by atoms with van der Waals surface area (Å²) in [4.78, 5) is 6.59. The molecule has 0 aliphatic carbocycles. The lowest BCUT2D eigenvalue weighted by Crippen LogP contribution is -2.34. The molecule has 0 saturated carbocycles. The molecule has 1 aliphatic heterocycles. The van der Waals surface area contributed by atoms with E-state index in [0.29, 0.717) is 12.5 Å². The smallest absolute Gasteiger partial charge is 0.0460 e. The highest BCUT2D eigenvalue weighted by atomic mass is 79.9. The van der Waals surface area contributed by atoms with Crippen molar-refractivity contribution in [1.82, 2.24) is 9.88 Å². The van der Waals surface area contributed by atoms with Gasteiger partial charge in [-0.25, -0.2) is 0 Å². The molecule has 2 heterocycles. The highest BCUT2D eigenvalue weighted by Gasteiger charge is 2.18. The van der Waals surface area contributed by atoms with Crippen molar-refractivity contribution in [1.29, 1.82) is 0 Å². The van der Waals surface area contributed by atoms with Gasteiger partial charge in [0.1, 0.15) is 0 Å². The Labute approximate surface area is 105 Å². The van der Waals surface area contributed by atoms with E-state index in [1.807, 2.05) is 12.4 Å². The van der Waals surface area contributed by atoms with Crippen LogP contribution in [0.1, 0.15) is 18.4 Å². The lowest BCUT2D eigenvalue weighted by Gasteiger charge is -2.30. The first-order chi connectivity index (χ1) is 7.78. The zero-order valence-electron chi connectivity index (χ0n) is 9.27. The van der Waals surface area contributed by atoms with E-state index in [9.17, 15) is 0 Å². The maximum absolute atomic E-state index is 9.07. The van der Waals surface area contributed by atoms with Crippen molar-refractivity contribution in [2.75, 3.05) is 19.7 Å². The van der Waals surface area contributed by atoms with Crippen LogP contribution in [0, 0.1) is 5.92 Å². The molecule has 1 aromatic heterocycles. The molecule has 0 amide bonds. The summed E-state index contributed by atoms with van der Waals surface area (Å²) in [5.41, 5.74) is 1.25. The third-order valence-corrected chi connectivity index (χ3v) is 3.57. The number of aromatic nitrogens is 1. The lowest BCUT2D eigenvalue weighted by molar-refractivity contribution is 0.127. The Kier molecular flexibility index (Phi) is 4.32. The van der Waals surface area contributed by atoms with Crippen molar-refractivity contribution in [2.24, 2.45) is 5.92 Å². The first-order valence-corrected chi connectivity index (χ1v) is 6.50. The summed E-state index contributed by atoms with van der Waals surface area (Å²) < 4.78 is 1.04. The van der Waals surface area contributed by atoms with Gasteiger partial charge < -0.3 is 5.11 Å². The maximum atomic E-state index is 9.07. The molecule has 1 N–H and O–H groups in total. The predicted molar refractivity (Wildman–Crippen MR) is 67.0 cm³/mol. The fraction of sp³-hybridized carbons (Fsp3) is 0.583. The normalized spacial score (nSPS) is 18.9. The van der Waals surface area contributed by atoms with Crippen LogP contribution in [0.3, 0.4) is 0 Å². The number of pyridine rings is 1. The van der Waals surface area contributed by atoms with Gasteiger partial charge in [0.05, 0.1) is 0 Å². The molecule has 1 aliphatic rings. The van der Waals surface area contributed by atoms with E-state index in [0.717, 1.165) is 36.9 Å². The third kappa shape index (κ3) is 3.27. The van der Waals surface area contributed by atoms with E-state index >= 15 is 0 Å². The van der Waals surface area contributed by atoms with Gasteiger partial charge in [-0.05, 0) is 59.4 Å². The summed E-state index contributed by atoms with van der Waals surface area (Å²) in [5, 5.41) is 9.07. The summed E-state index contributed by atoms with van der Waals surface area (Å²) >= 11 is 3.43. The fourth-order valence-corrected chi connectivity index (χ4v) is 2.54. The van der Waals surface area contributed by atoms with Crippen molar-refractivity contribution in [3.05, 3.63) is 28.5 Å². The molecule has 0 unspecified atom stereocenters. The molecule has 0 aromatic carbocycles. The Morgan fingerprint density at radius 2 is 2.12 bits per heavy atom. The zero-order valence-corrected chi connectivity index (χ0v) is 10.9. The number of halogens is 1. The van der Waals surface area contributed by atoms with E-state index in [4.69, 9.17) is 5.11 Å². The molecule has 1 saturated heterocycles. The maximum Gasteiger partial charge on any atom is 0.0460 e. The summed E-state index contributed by atoms with van der Waals surface area (Å²) in [7, 11) is 0. The molecule has 1 aromatic rings. The topological polar surface area (TPSA) is 36.4 Å². The van der Waals surface area contributed by atoms with Gasteiger partial charge in [-0.1, -0.05) is 0 Å². The minimum atomic E-state index is 0.340. The molecule has 88 valence electrons. The Morgan fingerprint density at radius 1 is 1.38 bits per heavy atom. The van der Waals surface area contributed by atoms with Gasteiger partial charge in [0.2, 0.25) is 0 Å². The largest absolute Gasteiger partial charge is 0.396 e. The van der Waals surface area contributed by atoms with Gasteiger partial charge in [-0.15, -0.1) is 0 Å². The number of piperidine rings is 1. The Bertz CT molecular complexity index is 338. The number of hydrogen-bond acceptors (Lipinski definition) is 3. The van der Waals surface area contributed by atoms with Crippen LogP contribution in [-0.4, -0.2) is 34.7 Å². The van der Waals surface area contributed by atoms with E-state index in [2.05, 4.69) is 31.9 Å². The quantitative estimate of drug-likeness (QED) is 0.923. The zero-order chi connectivity index (χ0) is 11.4. The minimum Gasteiger partial charge on any atom is -0.396 e. The van der Waals surface area contributed by atoms with Gasteiger partial charge in [0.15, 0.2) is 0 Å². The molecule has 0 bridgehead atoms. The number of hydrogen-bond donors (Lipinski definition) is 1. The Balaban J connectivity index is 1.87. The first-order valence-electron chi connectivity index (χ1n) is 5.70. The Hall–Kier alpha value is -0.450. The standard InChI is InChI=1S/C12H17BrN2O/c13-12-5-11(6-14-7-12)8-15-3-1-10(9-16)2-4-15/h5-7,10,16H,1-4,8-9H2. The van der Waals surface area contributed by atoms with Gasteiger partial charge in [0, 0.05) is 30.0 Å². The molecule has 2 rings (SSSR count). The van der Waals surface area contributed by atoms with Crippen molar-refractivity contribution < 1.29 is 5.11 Å². The number of rotatable bonds is 3. The average molecular weight is 285 g/mol. The third-order valence-electron chi connectivity index (χ3n) is 3.13. The summed E-state index contributed by atoms with van der Waals surface area (Å²) in [5.74, 6) is 0.511. The van der Waals surface area contributed by atoms with Crippen molar-refractivity contribution in [2.45, 2.75) is 19.4 Å². The molecule has 4 heteroatoms. The molecule has 0 spiro atoms. The number of aliphatic hydroxyl groups excluding tert-OH is 1. The van der Waals surface area contributed by atoms with Crippen LogP contribution in [-0.2, 0) is 6.54 Å². The number of nitrogens with zero attached hydrogens (tertiary/aromatic N) is 2. The SMILES string of the molecule is OCC1CCN(Cc2cncc(Br)c2)CC1. The van der Waals surface area contributed by atoms with Crippen LogP contribution in [0.2, 0.25) is 0 Å². The number of aliphatic hydroxyl groups is 1. The van der Waals surface area contributed by atoms with Gasteiger partial charge in [-0.2, -0.15) is 0 Å². The van der Waals surface area contributed by atoms with Crippen LogP contribution in [0.5, 0.6) is 0 Å². The van der Waals surface area contributed by atoms with Gasteiger partial charge >= 0.3 is 0 Å². The van der Waals surface area contributed by atoms with Crippen molar-refractivity contribution in [3.63, 3.8) is 0 Å². The second-order valence-electron chi connectivity index (χ2n) is 4.41. The van der Waals surface area contributed by atoms with Gasteiger partial charge in [-0.3, -0.25) is 9.88 Å². The second kappa shape index (κ2) is 5.75. The minimum absolute atomic E-state index is 0.340. The van der Waals surface area contributed by atoms with Crippen LogP contribution < -0.4 is 0 Å². The second-order valence-corrected chi connectivity index (χ2v) is 5.33. The fourth-order valence-electron chi connectivity index (χ4n) is 2.13. The predicted octanol–water partition coefficient (Wildman–Crippen LogP) is 2.05. The van der Waals surface area contributed by atoms with Crippen LogP contribution >= 0.6 is 15.9 Å². The highest BCUT2D eigenvalue weighted by Crippen LogP contribution is 2.19. The molecule has 1 fully saturated rings. The summed E-state index contributed by atoms with van der Waals surface area (Å²) in [6.45, 7) is 3.46. The van der Waals surface area contributed by atoms with Crippen LogP contribution in [0.25, 0.3) is 0 Å². The van der Waals surface area contributed by atoms with E-state index in [-0.39, 0.29) is 0 Å². The summed E-state index contributed by atoms with van der Waals surface area (Å²) in [6, 6.07) is 2.12. The summed E-state index contributed by atoms with van der Waals surface area (Å²) in [6.07, 6.45) is 5.94. The van der Waals surface area contributed by atoms with Crippen LogP contribution in [0.15, 0.2) is 22.9 Å².